The summed E-state index contributed by atoms with van der Waals surface area (Å²) in [5.74, 6) is -0.560. The number of nitrogens with zero attached hydrogens (tertiary/aromatic N) is 1. The third-order valence-corrected chi connectivity index (χ3v) is 4.08. The standard InChI is InChI=1S/C17H19NO4/c1-11-13-7-3-4-8-14(13)22-15(11)17(20)21-12(2)16(19)18-9-5-6-10-18/h3-4,7-8,12H,5-6,9-10H2,1-2H3/t12-/m1/s1. The lowest BCUT2D eigenvalue weighted by Gasteiger charge is -2.20. The third-order valence-electron chi connectivity index (χ3n) is 4.08. The number of hydrogen-bond donors (Lipinski definition) is 0. The lowest BCUT2D eigenvalue weighted by molar-refractivity contribution is -0.138. The largest absolute Gasteiger partial charge is 0.449 e. The fourth-order valence-electron chi connectivity index (χ4n) is 2.83. The first-order valence-electron chi connectivity index (χ1n) is 7.56. The van der Waals surface area contributed by atoms with E-state index in [1.807, 2.05) is 25.1 Å². The van der Waals surface area contributed by atoms with Crippen LogP contribution in [0.4, 0.5) is 0 Å². The van der Waals surface area contributed by atoms with Crippen LogP contribution >= 0.6 is 0 Å². The smallest absolute Gasteiger partial charge is 0.375 e. The Balaban J connectivity index is 1.75. The Morgan fingerprint density at radius 2 is 1.91 bits per heavy atom. The summed E-state index contributed by atoms with van der Waals surface area (Å²) in [6, 6.07) is 7.43. The maximum Gasteiger partial charge on any atom is 0.375 e. The summed E-state index contributed by atoms with van der Waals surface area (Å²) < 4.78 is 10.9. The Morgan fingerprint density at radius 3 is 2.59 bits per heavy atom. The van der Waals surface area contributed by atoms with Gasteiger partial charge in [-0.3, -0.25) is 4.79 Å². The van der Waals surface area contributed by atoms with E-state index in [0.717, 1.165) is 36.9 Å². The van der Waals surface area contributed by atoms with Crippen molar-refractivity contribution in [1.29, 1.82) is 0 Å². The van der Waals surface area contributed by atoms with Crippen molar-refractivity contribution >= 4 is 22.8 Å². The number of rotatable bonds is 3. The molecule has 1 aliphatic heterocycles. The lowest BCUT2D eigenvalue weighted by atomic mass is 10.1. The van der Waals surface area contributed by atoms with E-state index >= 15 is 0 Å². The molecular formula is C17H19NO4. The Hall–Kier alpha value is -2.30. The molecule has 1 aromatic heterocycles. The van der Waals surface area contributed by atoms with E-state index in [1.54, 1.807) is 17.9 Å². The number of hydrogen-bond acceptors (Lipinski definition) is 4. The minimum Gasteiger partial charge on any atom is -0.449 e. The zero-order valence-corrected chi connectivity index (χ0v) is 12.8. The Bertz CT molecular complexity index is 713. The molecule has 2 heterocycles. The van der Waals surface area contributed by atoms with Crippen molar-refractivity contribution in [2.75, 3.05) is 13.1 Å². The van der Waals surface area contributed by atoms with E-state index < -0.39 is 12.1 Å². The number of aryl methyl sites for hydroxylation is 1. The third kappa shape index (κ3) is 2.58. The normalized spacial score (nSPS) is 16.0. The second-order valence-electron chi connectivity index (χ2n) is 5.63. The molecule has 0 spiro atoms. The minimum atomic E-state index is -0.793. The van der Waals surface area contributed by atoms with Crippen molar-refractivity contribution in [2.24, 2.45) is 0 Å². The summed E-state index contributed by atoms with van der Waals surface area (Å²) >= 11 is 0. The highest BCUT2D eigenvalue weighted by Gasteiger charge is 2.28. The summed E-state index contributed by atoms with van der Waals surface area (Å²) in [4.78, 5) is 26.2. The molecule has 22 heavy (non-hydrogen) atoms. The molecule has 1 aromatic carbocycles. The van der Waals surface area contributed by atoms with Crippen molar-refractivity contribution in [3.63, 3.8) is 0 Å². The van der Waals surface area contributed by atoms with Crippen LogP contribution in [0.15, 0.2) is 28.7 Å². The second kappa shape index (κ2) is 5.83. The molecule has 0 saturated carbocycles. The highest BCUT2D eigenvalue weighted by Crippen LogP contribution is 2.25. The van der Waals surface area contributed by atoms with Crippen LogP contribution < -0.4 is 0 Å². The van der Waals surface area contributed by atoms with Crippen LogP contribution in [-0.4, -0.2) is 36.0 Å². The highest BCUT2D eigenvalue weighted by atomic mass is 16.6. The van der Waals surface area contributed by atoms with Gasteiger partial charge in [0.1, 0.15) is 5.58 Å². The fraction of sp³-hybridized carbons (Fsp3) is 0.412. The molecule has 1 amide bonds. The molecule has 5 heteroatoms. The van der Waals surface area contributed by atoms with Crippen molar-refractivity contribution in [3.8, 4) is 0 Å². The molecule has 0 radical (unpaired) electrons. The SMILES string of the molecule is Cc1c(C(=O)O[C@H](C)C(=O)N2CCCC2)oc2ccccc12. The van der Waals surface area contributed by atoms with E-state index in [2.05, 4.69) is 0 Å². The predicted octanol–water partition coefficient (Wildman–Crippen LogP) is 2.91. The lowest BCUT2D eigenvalue weighted by Crippen LogP contribution is -2.38. The average Bonchev–Trinajstić information content (AvgIpc) is 3.15. The van der Waals surface area contributed by atoms with Gasteiger partial charge in [-0.2, -0.15) is 0 Å². The van der Waals surface area contributed by atoms with Crippen molar-refractivity contribution in [1.82, 2.24) is 4.90 Å². The molecule has 0 bridgehead atoms. The van der Waals surface area contributed by atoms with E-state index in [4.69, 9.17) is 9.15 Å². The van der Waals surface area contributed by atoms with Crippen molar-refractivity contribution < 1.29 is 18.7 Å². The molecule has 1 aliphatic rings. The van der Waals surface area contributed by atoms with Gasteiger partial charge in [0.2, 0.25) is 5.76 Å². The van der Waals surface area contributed by atoms with Gasteiger partial charge in [-0.15, -0.1) is 0 Å². The molecule has 0 aliphatic carbocycles. The average molecular weight is 301 g/mol. The molecule has 5 nitrogen and oxygen atoms in total. The quantitative estimate of drug-likeness (QED) is 0.818. The zero-order valence-electron chi connectivity index (χ0n) is 12.8. The molecule has 1 fully saturated rings. The van der Waals surface area contributed by atoms with E-state index in [-0.39, 0.29) is 11.7 Å². The summed E-state index contributed by atoms with van der Waals surface area (Å²) in [5.41, 5.74) is 1.38. The van der Waals surface area contributed by atoms with E-state index in [0.29, 0.717) is 5.58 Å². The number of para-hydroxylation sites is 1. The van der Waals surface area contributed by atoms with Crippen molar-refractivity contribution in [3.05, 3.63) is 35.6 Å². The number of amides is 1. The summed E-state index contributed by atoms with van der Waals surface area (Å²) in [6.07, 6.45) is 1.22. The highest BCUT2D eigenvalue weighted by molar-refractivity contribution is 5.97. The first-order chi connectivity index (χ1) is 10.6. The van der Waals surface area contributed by atoms with Gasteiger partial charge in [-0.1, -0.05) is 18.2 Å². The van der Waals surface area contributed by atoms with Gasteiger partial charge < -0.3 is 14.1 Å². The molecule has 1 atom stereocenters. The van der Waals surface area contributed by atoms with E-state index in [9.17, 15) is 9.59 Å². The molecule has 116 valence electrons. The number of likely N-dealkylation sites (tertiary alicyclic amines) is 1. The van der Waals surface area contributed by atoms with Gasteiger partial charge in [0.15, 0.2) is 6.10 Å². The maximum atomic E-state index is 12.3. The first-order valence-corrected chi connectivity index (χ1v) is 7.56. The number of fused-ring (bicyclic) bond motifs is 1. The number of carbonyl (C=O) groups is 2. The molecule has 2 aromatic rings. The molecular weight excluding hydrogens is 282 g/mol. The minimum absolute atomic E-state index is 0.139. The molecule has 1 saturated heterocycles. The zero-order chi connectivity index (χ0) is 15.7. The van der Waals surface area contributed by atoms with Gasteiger partial charge in [-0.05, 0) is 32.8 Å². The molecule has 3 rings (SSSR count). The van der Waals surface area contributed by atoms with Gasteiger partial charge in [0.05, 0.1) is 0 Å². The van der Waals surface area contributed by atoms with Crippen LogP contribution in [0.25, 0.3) is 11.0 Å². The predicted molar refractivity (Wildman–Crippen MR) is 81.6 cm³/mol. The number of carbonyl (C=O) groups excluding carboxylic acids is 2. The number of benzene rings is 1. The van der Waals surface area contributed by atoms with Gasteiger partial charge >= 0.3 is 5.97 Å². The summed E-state index contributed by atoms with van der Waals surface area (Å²) in [5, 5.41) is 0.882. The topological polar surface area (TPSA) is 59.8 Å². The summed E-state index contributed by atoms with van der Waals surface area (Å²) in [7, 11) is 0. The Morgan fingerprint density at radius 1 is 1.23 bits per heavy atom. The molecule has 0 N–H and O–H groups in total. The van der Waals surface area contributed by atoms with Crippen LogP contribution in [0.5, 0.6) is 0 Å². The Labute approximate surface area is 128 Å². The number of furan rings is 1. The first kappa shape index (κ1) is 14.6. The van der Waals surface area contributed by atoms with Crippen LogP contribution in [-0.2, 0) is 9.53 Å². The Kier molecular flexibility index (Phi) is 3.88. The van der Waals surface area contributed by atoms with E-state index in [1.165, 1.54) is 0 Å². The van der Waals surface area contributed by atoms with Crippen LogP contribution in [0, 0.1) is 6.92 Å². The second-order valence-corrected chi connectivity index (χ2v) is 5.63. The van der Waals surface area contributed by atoms with Gasteiger partial charge in [0, 0.05) is 24.0 Å². The van der Waals surface area contributed by atoms with Crippen LogP contribution in [0.2, 0.25) is 0 Å². The fourth-order valence-corrected chi connectivity index (χ4v) is 2.83. The number of ether oxygens (including phenoxy) is 1. The summed E-state index contributed by atoms with van der Waals surface area (Å²) in [6.45, 7) is 4.90. The van der Waals surface area contributed by atoms with Crippen LogP contribution in [0.3, 0.4) is 0 Å². The molecule has 0 unspecified atom stereocenters. The number of esters is 1. The monoisotopic (exact) mass is 301 g/mol. The van der Waals surface area contributed by atoms with Crippen LogP contribution in [0.1, 0.15) is 35.9 Å². The van der Waals surface area contributed by atoms with Crippen molar-refractivity contribution in [2.45, 2.75) is 32.8 Å². The maximum absolute atomic E-state index is 12.3. The van der Waals surface area contributed by atoms with Gasteiger partial charge in [-0.25, -0.2) is 4.79 Å². The van der Waals surface area contributed by atoms with Gasteiger partial charge in [0.25, 0.3) is 5.91 Å².